The Morgan fingerprint density at radius 1 is 1.17 bits per heavy atom. The average Bonchev–Trinajstić information content (AvgIpc) is 3.51. The van der Waals surface area contributed by atoms with Gasteiger partial charge in [-0.25, -0.2) is 4.99 Å². The van der Waals surface area contributed by atoms with Gasteiger partial charge < -0.3 is 9.73 Å². The van der Waals surface area contributed by atoms with Crippen LogP contribution in [0.4, 0.5) is 5.69 Å². The largest absolute Gasteiger partial charge is 0.464 e. The minimum Gasteiger partial charge on any atom is -0.464 e. The average molecular weight is 488 g/mol. The van der Waals surface area contributed by atoms with E-state index in [0.717, 1.165) is 17.8 Å². The zero-order valence-electron chi connectivity index (χ0n) is 19.9. The fourth-order valence-electron chi connectivity index (χ4n) is 4.26. The van der Waals surface area contributed by atoms with Crippen LogP contribution in [0.25, 0.3) is 6.08 Å². The molecule has 0 saturated carbocycles. The molecule has 1 aliphatic rings. The second-order valence-electron chi connectivity index (χ2n) is 8.35. The number of fused-ring (bicyclic) bond motifs is 1. The first-order valence-electron chi connectivity index (χ1n) is 11.3. The van der Waals surface area contributed by atoms with Gasteiger partial charge in [-0.3, -0.25) is 18.8 Å². The highest BCUT2D eigenvalue weighted by Crippen LogP contribution is 2.31. The van der Waals surface area contributed by atoms with Gasteiger partial charge >= 0.3 is 0 Å². The molecule has 35 heavy (non-hydrogen) atoms. The Hall–Kier alpha value is -3.98. The molecule has 0 spiro atoms. The Kier molecular flexibility index (Phi) is 5.86. The van der Waals surface area contributed by atoms with Crippen LogP contribution in [0, 0.1) is 13.8 Å². The first-order chi connectivity index (χ1) is 16.9. The van der Waals surface area contributed by atoms with E-state index in [2.05, 4.69) is 15.4 Å². The van der Waals surface area contributed by atoms with Crippen molar-refractivity contribution in [2.75, 3.05) is 5.32 Å². The minimum absolute atomic E-state index is 0.228. The molecule has 0 unspecified atom stereocenters. The van der Waals surface area contributed by atoms with Crippen molar-refractivity contribution in [3.05, 3.63) is 102 Å². The number of rotatable bonds is 5. The summed E-state index contributed by atoms with van der Waals surface area (Å²) in [4.78, 5) is 32.3. The van der Waals surface area contributed by atoms with Gasteiger partial charge in [-0.1, -0.05) is 29.5 Å². The molecule has 1 amide bonds. The number of furan rings is 1. The second kappa shape index (κ2) is 8.99. The molecule has 0 radical (unpaired) electrons. The zero-order chi connectivity index (χ0) is 24.7. The number of anilines is 1. The van der Waals surface area contributed by atoms with Crippen LogP contribution in [-0.4, -0.2) is 20.3 Å². The van der Waals surface area contributed by atoms with Crippen LogP contribution >= 0.6 is 11.3 Å². The molecule has 0 aliphatic carbocycles. The number of hydrogen-bond acceptors (Lipinski definition) is 6. The molecule has 0 saturated heterocycles. The van der Waals surface area contributed by atoms with E-state index in [1.165, 1.54) is 11.3 Å². The molecule has 5 rings (SSSR count). The third-order valence-corrected chi connectivity index (χ3v) is 7.04. The van der Waals surface area contributed by atoms with Gasteiger partial charge in [0.1, 0.15) is 17.6 Å². The number of nitrogens with one attached hydrogen (secondary N) is 1. The van der Waals surface area contributed by atoms with Gasteiger partial charge in [0.15, 0.2) is 4.80 Å². The van der Waals surface area contributed by atoms with Crippen LogP contribution in [0.1, 0.15) is 42.7 Å². The second-order valence-corrected chi connectivity index (χ2v) is 9.36. The van der Waals surface area contributed by atoms with Gasteiger partial charge in [0.2, 0.25) is 0 Å². The van der Waals surface area contributed by atoms with Gasteiger partial charge in [0.25, 0.3) is 11.5 Å². The van der Waals surface area contributed by atoms with Crippen molar-refractivity contribution >= 4 is 29.0 Å². The molecule has 1 aromatic carbocycles. The maximum absolute atomic E-state index is 13.7. The van der Waals surface area contributed by atoms with E-state index in [4.69, 9.17) is 4.42 Å². The van der Waals surface area contributed by atoms with Gasteiger partial charge in [-0.15, -0.1) is 0 Å². The molecular weight excluding hydrogens is 462 g/mol. The lowest BCUT2D eigenvalue weighted by Gasteiger charge is -2.23. The van der Waals surface area contributed by atoms with E-state index in [1.54, 1.807) is 23.8 Å². The minimum atomic E-state index is -0.731. The number of nitrogens with zero attached hydrogens (tertiary/aromatic N) is 4. The summed E-state index contributed by atoms with van der Waals surface area (Å²) >= 11 is 1.29. The molecule has 0 fully saturated rings. The maximum Gasteiger partial charge on any atom is 0.271 e. The van der Waals surface area contributed by atoms with Gasteiger partial charge in [-0.05, 0) is 58.0 Å². The lowest BCUT2D eigenvalue weighted by Crippen LogP contribution is -2.40. The van der Waals surface area contributed by atoms with Crippen LogP contribution in [0.2, 0.25) is 0 Å². The highest BCUT2D eigenvalue weighted by atomic mass is 32.1. The van der Waals surface area contributed by atoms with Gasteiger partial charge in [0.05, 0.1) is 22.0 Å². The van der Waals surface area contributed by atoms with E-state index in [1.807, 2.05) is 67.9 Å². The van der Waals surface area contributed by atoms with E-state index >= 15 is 0 Å². The number of carbonyl (C=O) groups excluding carboxylic acids is 1. The summed E-state index contributed by atoms with van der Waals surface area (Å²) in [7, 11) is 0. The Morgan fingerprint density at radius 2 is 1.94 bits per heavy atom. The summed E-state index contributed by atoms with van der Waals surface area (Å²) < 4.78 is 9.90. The van der Waals surface area contributed by atoms with Crippen molar-refractivity contribution in [3.63, 3.8) is 0 Å². The normalized spacial score (nSPS) is 15.8. The van der Waals surface area contributed by atoms with E-state index in [9.17, 15) is 9.59 Å². The summed E-state index contributed by atoms with van der Waals surface area (Å²) in [5.41, 5.74) is 3.20. The SMILES string of the molecule is CCn1ncc(C=c2sc3n(c2=O)[C@H](c2ccc(C)o2)C(C(=O)Nc2ccccc2)=C(C)N=3)c1C. The topological polar surface area (TPSA) is 94.4 Å². The molecule has 9 heteroatoms. The molecule has 1 N–H and O–H groups in total. The highest BCUT2D eigenvalue weighted by molar-refractivity contribution is 7.07. The van der Waals surface area contributed by atoms with Crippen molar-refractivity contribution in [1.29, 1.82) is 0 Å². The quantitative estimate of drug-likeness (QED) is 0.467. The summed E-state index contributed by atoms with van der Waals surface area (Å²) in [6, 6.07) is 12.1. The molecule has 4 aromatic rings. The highest BCUT2D eigenvalue weighted by Gasteiger charge is 2.34. The summed E-state index contributed by atoms with van der Waals surface area (Å²) in [5, 5.41) is 7.31. The molecule has 1 atom stereocenters. The predicted molar refractivity (Wildman–Crippen MR) is 135 cm³/mol. The molecule has 0 bridgehead atoms. The van der Waals surface area contributed by atoms with E-state index in [-0.39, 0.29) is 11.5 Å². The Bertz CT molecular complexity index is 1640. The maximum atomic E-state index is 13.7. The van der Waals surface area contributed by atoms with Crippen LogP contribution in [0.15, 0.2) is 74.1 Å². The van der Waals surface area contributed by atoms with E-state index < -0.39 is 6.04 Å². The number of allylic oxidation sites excluding steroid dienone is 1. The molecule has 8 nitrogen and oxygen atoms in total. The predicted octanol–water partition coefficient (Wildman–Crippen LogP) is 3.30. The molecule has 178 valence electrons. The standard InChI is InChI=1S/C26H25N5O3S/c1-5-30-17(4)18(14-27-30)13-21-25(33)31-23(20-12-11-15(2)34-20)22(16(3)28-26(31)35-21)24(32)29-19-9-7-6-8-10-19/h6-14,23H,5H2,1-4H3,(H,29,32)/t23-/m1/s1. The van der Waals surface area contributed by atoms with Gasteiger partial charge in [0, 0.05) is 23.5 Å². The van der Waals surface area contributed by atoms with E-state index in [0.29, 0.717) is 37.8 Å². The number of thiazole rings is 1. The molecule has 4 heterocycles. The summed E-state index contributed by atoms with van der Waals surface area (Å²) in [5.74, 6) is 0.880. The third-order valence-electron chi connectivity index (χ3n) is 6.06. The molecular formula is C26H25N5O3S. The monoisotopic (exact) mass is 487 g/mol. The van der Waals surface area contributed by atoms with Gasteiger partial charge in [-0.2, -0.15) is 5.10 Å². The Balaban J connectivity index is 1.67. The summed E-state index contributed by atoms with van der Waals surface area (Å²) in [6.07, 6.45) is 3.60. The number of carbonyl (C=O) groups is 1. The van der Waals surface area contributed by atoms with Crippen molar-refractivity contribution in [2.45, 2.75) is 40.3 Å². The lowest BCUT2D eigenvalue weighted by molar-refractivity contribution is -0.113. The molecule has 3 aromatic heterocycles. The molecule has 1 aliphatic heterocycles. The Labute approximate surface area is 205 Å². The van der Waals surface area contributed by atoms with Crippen LogP contribution in [-0.2, 0) is 11.3 Å². The van der Waals surface area contributed by atoms with Crippen molar-refractivity contribution < 1.29 is 9.21 Å². The fourth-order valence-corrected chi connectivity index (χ4v) is 5.30. The van der Waals surface area contributed by atoms with Crippen molar-refractivity contribution in [1.82, 2.24) is 14.3 Å². The van der Waals surface area contributed by atoms with Crippen LogP contribution in [0.3, 0.4) is 0 Å². The number of amides is 1. The number of aryl methyl sites for hydroxylation is 2. The summed E-state index contributed by atoms with van der Waals surface area (Å²) in [6.45, 7) is 8.37. The number of para-hydroxylation sites is 1. The Morgan fingerprint density at radius 3 is 2.60 bits per heavy atom. The first kappa shape index (κ1) is 22.8. The third kappa shape index (κ3) is 4.08. The smallest absolute Gasteiger partial charge is 0.271 e. The number of aromatic nitrogens is 3. The van der Waals surface area contributed by atoms with Crippen LogP contribution in [0.5, 0.6) is 0 Å². The number of benzene rings is 1. The first-order valence-corrected chi connectivity index (χ1v) is 12.2. The van der Waals surface area contributed by atoms with Crippen molar-refractivity contribution in [3.8, 4) is 0 Å². The fraction of sp³-hybridized carbons (Fsp3) is 0.231. The lowest BCUT2D eigenvalue weighted by atomic mass is 10.00. The van der Waals surface area contributed by atoms with Crippen molar-refractivity contribution in [2.24, 2.45) is 4.99 Å². The number of hydrogen-bond donors (Lipinski definition) is 1. The zero-order valence-corrected chi connectivity index (χ0v) is 20.7. The van der Waals surface area contributed by atoms with Crippen LogP contribution < -0.4 is 20.2 Å².